The standard InChI is InChI=1S/C13H14ClN3O/c1-13(2,3)17-12-10-5-11(14)15-6-8(10)4-9(7-18)16-12/h4-7H,1-3H3,(H,16,17). The zero-order chi connectivity index (χ0) is 13.3. The normalized spacial score (nSPS) is 11.6. The van der Waals surface area contributed by atoms with Gasteiger partial charge >= 0.3 is 0 Å². The Morgan fingerprint density at radius 1 is 1.33 bits per heavy atom. The first-order chi connectivity index (χ1) is 8.39. The van der Waals surface area contributed by atoms with Gasteiger partial charge in [0.1, 0.15) is 16.7 Å². The van der Waals surface area contributed by atoms with Crippen molar-refractivity contribution in [1.82, 2.24) is 9.97 Å². The van der Waals surface area contributed by atoms with Crippen LogP contribution in [0.5, 0.6) is 0 Å². The van der Waals surface area contributed by atoms with Gasteiger partial charge in [-0.1, -0.05) is 11.6 Å². The van der Waals surface area contributed by atoms with Gasteiger partial charge in [0.2, 0.25) is 0 Å². The first-order valence-electron chi connectivity index (χ1n) is 5.59. The van der Waals surface area contributed by atoms with Crippen LogP contribution in [-0.4, -0.2) is 21.8 Å². The minimum atomic E-state index is -0.156. The zero-order valence-electron chi connectivity index (χ0n) is 10.5. The van der Waals surface area contributed by atoms with Gasteiger partial charge in [-0.25, -0.2) is 9.97 Å². The van der Waals surface area contributed by atoms with E-state index in [1.165, 1.54) is 0 Å². The molecule has 4 nitrogen and oxygen atoms in total. The van der Waals surface area contributed by atoms with Crippen LogP contribution in [0.2, 0.25) is 5.15 Å². The van der Waals surface area contributed by atoms with E-state index < -0.39 is 0 Å². The average Bonchev–Trinajstić information content (AvgIpc) is 2.27. The van der Waals surface area contributed by atoms with Crippen molar-refractivity contribution < 1.29 is 4.79 Å². The van der Waals surface area contributed by atoms with Crippen molar-refractivity contribution in [2.24, 2.45) is 0 Å². The van der Waals surface area contributed by atoms with Crippen LogP contribution < -0.4 is 5.32 Å². The number of rotatable bonds is 2. The smallest absolute Gasteiger partial charge is 0.168 e. The molecule has 0 amide bonds. The quantitative estimate of drug-likeness (QED) is 0.667. The fourth-order valence-corrected chi connectivity index (χ4v) is 1.81. The number of nitrogens with zero attached hydrogens (tertiary/aromatic N) is 2. The summed E-state index contributed by atoms with van der Waals surface area (Å²) in [6.07, 6.45) is 2.36. The van der Waals surface area contributed by atoms with Crippen molar-refractivity contribution in [3.8, 4) is 0 Å². The molecule has 18 heavy (non-hydrogen) atoms. The molecule has 1 N–H and O–H groups in total. The van der Waals surface area contributed by atoms with E-state index >= 15 is 0 Å². The third-order valence-electron chi connectivity index (χ3n) is 2.31. The molecule has 0 aliphatic rings. The van der Waals surface area contributed by atoms with Gasteiger partial charge in [-0.3, -0.25) is 4.79 Å². The molecule has 0 fully saturated rings. The van der Waals surface area contributed by atoms with Gasteiger partial charge in [0.25, 0.3) is 0 Å². The number of hydrogen-bond acceptors (Lipinski definition) is 4. The summed E-state index contributed by atoms with van der Waals surface area (Å²) >= 11 is 5.90. The number of carbonyl (C=O) groups is 1. The van der Waals surface area contributed by atoms with Crippen LogP contribution in [0.25, 0.3) is 10.8 Å². The minimum Gasteiger partial charge on any atom is -0.365 e. The largest absolute Gasteiger partial charge is 0.365 e. The second-order valence-electron chi connectivity index (χ2n) is 5.12. The highest BCUT2D eigenvalue weighted by atomic mass is 35.5. The lowest BCUT2D eigenvalue weighted by atomic mass is 10.1. The molecule has 94 valence electrons. The van der Waals surface area contributed by atoms with E-state index in [1.54, 1.807) is 18.3 Å². The van der Waals surface area contributed by atoms with Crippen LogP contribution in [-0.2, 0) is 0 Å². The van der Waals surface area contributed by atoms with E-state index in [9.17, 15) is 4.79 Å². The predicted octanol–water partition coefficient (Wildman–Crippen LogP) is 3.31. The summed E-state index contributed by atoms with van der Waals surface area (Å²) in [5, 5.41) is 5.37. The Kier molecular flexibility index (Phi) is 3.22. The molecule has 0 aliphatic carbocycles. The Labute approximate surface area is 110 Å². The third kappa shape index (κ3) is 2.76. The summed E-state index contributed by atoms with van der Waals surface area (Å²) in [5.41, 5.74) is 0.218. The topological polar surface area (TPSA) is 54.9 Å². The van der Waals surface area contributed by atoms with E-state index in [1.807, 2.05) is 20.8 Å². The van der Waals surface area contributed by atoms with Gasteiger partial charge in [-0.15, -0.1) is 0 Å². The summed E-state index contributed by atoms with van der Waals surface area (Å²) in [6, 6.07) is 3.44. The first-order valence-corrected chi connectivity index (χ1v) is 5.96. The molecule has 2 heterocycles. The first kappa shape index (κ1) is 12.8. The fourth-order valence-electron chi connectivity index (χ4n) is 1.65. The van der Waals surface area contributed by atoms with Crippen molar-refractivity contribution in [2.45, 2.75) is 26.3 Å². The molecule has 5 heteroatoms. The van der Waals surface area contributed by atoms with Crippen LogP contribution in [0.1, 0.15) is 31.3 Å². The molecule has 0 aliphatic heterocycles. The summed E-state index contributed by atoms with van der Waals surface area (Å²) < 4.78 is 0. The van der Waals surface area contributed by atoms with Crippen molar-refractivity contribution in [3.63, 3.8) is 0 Å². The highest BCUT2D eigenvalue weighted by molar-refractivity contribution is 6.30. The lowest BCUT2D eigenvalue weighted by Gasteiger charge is -2.22. The number of hydrogen-bond donors (Lipinski definition) is 1. The molecule has 0 saturated heterocycles. The highest BCUT2D eigenvalue weighted by Crippen LogP contribution is 2.26. The Balaban J connectivity index is 2.67. The molecule has 2 aromatic heterocycles. The maximum atomic E-state index is 10.9. The number of carbonyl (C=O) groups excluding carboxylic acids is 1. The van der Waals surface area contributed by atoms with Crippen molar-refractivity contribution in [2.75, 3.05) is 5.32 Å². The molecule has 0 atom stereocenters. The van der Waals surface area contributed by atoms with Crippen LogP contribution in [0.3, 0.4) is 0 Å². The number of aromatic nitrogens is 2. The van der Waals surface area contributed by atoms with Gasteiger partial charge in [0.15, 0.2) is 6.29 Å². The summed E-state index contributed by atoms with van der Waals surface area (Å²) in [7, 11) is 0. The van der Waals surface area contributed by atoms with Crippen molar-refractivity contribution in [3.05, 3.63) is 29.2 Å². The van der Waals surface area contributed by atoms with Gasteiger partial charge < -0.3 is 5.32 Å². The Hall–Kier alpha value is -1.68. The molecule has 0 aromatic carbocycles. The molecule has 0 unspecified atom stereocenters. The van der Waals surface area contributed by atoms with Crippen LogP contribution in [0.4, 0.5) is 5.82 Å². The van der Waals surface area contributed by atoms with Crippen molar-refractivity contribution >= 4 is 34.5 Å². The number of nitrogens with one attached hydrogen (secondary N) is 1. The third-order valence-corrected chi connectivity index (χ3v) is 2.52. The van der Waals surface area contributed by atoms with Crippen molar-refractivity contribution in [1.29, 1.82) is 0 Å². The lowest BCUT2D eigenvalue weighted by Crippen LogP contribution is -2.27. The highest BCUT2D eigenvalue weighted by Gasteiger charge is 2.14. The molecule has 2 aromatic rings. The second-order valence-corrected chi connectivity index (χ2v) is 5.50. The predicted molar refractivity (Wildman–Crippen MR) is 73.3 cm³/mol. The lowest BCUT2D eigenvalue weighted by molar-refractivity contribution is 0.111. The molecular formula is C13H14ClN3O. The maximum absolute atomic E-state index is 10.9. The fraction of sp³-hybridized carbons (Fsp3) is 0.308. The van der Waals surface area contributed by atoms with E-state index in [4.69, 9.17) is 11.6 Å². The molecular weight excluding hydrogens is 250 g/mol. The monoisotopic (exact) mass is 263 g/mol. The van der Waals surface area contributed by atoms with Gasteiger partial charge in [0.05, 0.1) is 0 Å². The Morgan fingerprint density at radius 3 is 2.67 bits per heavy atom. The van der Waals surface area contributed by atoms with Crippen LogP contribution >= 0.6 is 11.6 Å². The molecule has 0 radical (unpaired) electrons. The minimum absolute atomic E-state index is 0.156. The van der Waals surface area contributed by atoms with Crippen LogP contribution in [0.15, 0.2) is 18.3 Å². The second kappa shape index (κ2) is 4.53. The Bertz CT molecular complexity index is 605. The van der Waals surface area contributed by atoms with Crippen LogP contribution in [0, 0.1) is 0 Å². The van der Waals surface area contributed by atoms with E-state index in [0.717, 1.165) is 17.1 Å². The number of pyridine rings is 2. The van der Waals surface area contributed by atoms with Gasteiger partial charge in [-0.05, 0) is 32.9 Å². The SMILES string of the molecule is CC(C)(C)Nc1nc(C=O)cc2cnc(Cl)cc12. The van der Waals surface area contributed by atoms with Gasteiger partial charge in [0, 0.05) is 22.5 Å². The summed E-state index contributed by atoms with van der Waals surface area (Å²) in [6.45, 7) is 6.07. The van der Waals surface area contributed by atoms with E-state index in [-0.39, 0.29) is 5.54 Å². The molecule has 0 saturated carbocycles. The number of anilines is 1. The van der Waals surface area contributed by atoms with E-state index in [0.29, 0.717) is 16.7 Å². The van der Waals surface area contributed by atoms with E-state index in [2.05, 4.69) is 15.3 Å². The molecule has 0 spiro atoms. The number of aldehydes is 1. The van der Waals surface area contributed by atoms with Gasteiger partial charge in [-0.2, -0.15) is 0 Å². The number of halogens is 1. The zero-order valence-corrected chi connectivity index (χ0v) is 11.2. The average molecular weight is 264 g/mol. The number of fused-ring (bicyclic) bond motifs is 1. The summed E-state index contributed by atoms with van der Waals surface area (Å²) in [4.78, 5) is 19.2. The summed E-state index contributed by atoms with van der Waals surface area (Å²) in [5.74, 6) is 0.645. The molecule has 0 bridgehead atoms. The maximum Gasteiger partial charge on any atom is 0.168 e. The molecule has 2 rings (SSSR count). The Morgan fingerprint density at radius 2 is 2.06 bits per heavy atom.